The fourth-order valence-electron chi connectivity index (χ4n) is 4.73. The van der Waals surface area contributed by atoms with E-state index in [0.717, 1.165) is 37.3 Å². The molecule has 2 saturated heterocycles. The van der Waals surface area contributed by atoms with E-state index in [-0.39, 0.29) is 17.7 Å². The number of likely N-dealkylation sites (tertiary alicyclic amines) is 1. The molecule has 0 unspecified atom stereocenters. The Labute approximate surface area is 217 Å². The molecule has 3 aromatic heterocycles. The van der Waals surface area contributed by atoms with Gasteiger partial charge < -0.3 is 30.1 Å². The Kier molecular flexibility index (Phi) is 7.02. The van der Waals surface area contributed by atoms with Gasteiger partial charge in [0.2, 0.25) is 0 Å². The Balaban J connectivity index is 1.43. The number of piperidine rings is 1. The van der Waals surface area contributed by atoms with Crippen LogP contribution in [-0.2, 0) is 10.3 Å². The number of anilines is 2. The van der Waals surface area contributed by atoms with Gasteiger partial charge in [-0.2, -0.15) is 5.10 Å². The standard InChI is InChI=1S/C26H36N8O3/c1-17-16-36-10-9-33(17)23-12-18(11-22(31-23)26(2,3)35)21-14-28-24(27)25(30-21)37-20-13-29-34(15-20)19-5-7-32(4)8-6-19/h11-15,17,19,35H,5-10,16H2,1-4H3,(H2,27,28)/t17-/m1/s1. The van der Waals surface area contributed by atoms with E-state index >= 15 is 0 Å². The van der Waals surface area contributed by atoms with Crippen LogP contribution in [0.3, 0.4) is 0 Å². The van der Waals surface area contributed by atoms with Gasteiger partial charge in [0.1, 0.15) is 11.4 Å². The van der Waals surface area contributed by atoms with Gasteiger partial charge >= 0.3 is 0 Å². The number of aromatic nitrogens is 5. The maximum absolute atomic E-state index is 10.8. The molecule has 5 heterocycles. The zero-order valence-electron chi connectivity index (χ0n) is 22.0. The SMILES string of the molecule is C[C@@H]1COCCN1c1cc(-c2cnc(N)c(Oc3cnn(C4CCN(C)CC4)c3)n2)cc(C(C)(C)O)n1. The van der Waals surface area contributed by atoms with E-state index in [1.165, 1.54) is 0 Å². The summed E-state index contributed by atoms with van der Waals surface area (Å²) in [5, 5.41) is 15.3. The van der Waals surface area contributed by atoms with Crippen molar-refractivity contribution in [1.82, 2.24) is 29.6 Å². The van der Waals surface area contributed by atoms with Crippen LogP contribution in [0.25, 0.3) is 11.3 Å². The molecule has 0 bridgehead atoms. The molecule has 3 N–H and O–H groups in total. The number of nitrogens with two attached hydrogens (primary N) is 1. The van der Waals surface area contributed by atoms with E-state index in [0.29, 0.717) is 42.9 Å². The molecule has 1 atom stereocenters. The first kappa shape index (κ1) is 25.4. The van der Waals surface area contributed by atoms with Gasteiger partial charge in [-0.1, -0.05) is 0 Å². The zero-order chi connectivity index (χ0) is 26.2. The Morgan fingerprint density at radius 2 is 1.92 bits per heavy atom. The monoisotopic (exact) mass is 508 g/mol. The summed E-state index contributed by atoms with van der Waals surface area (Å²) in [6.45, 7) is 9.58. The minimum atomic E-state index is -1.14. The van der Waals surface area contributed by atoms with E-state index in [9.17, 15) is 5.11 Å². The number of nitrogen functional groups attached to an aromatic ring is 1. The highest BCUT2D eigenvalue weighted by Gasteiger charge is 2.26. The highest BCUT2D eigenvalue weighted by molar-refractivity contribution is 5.66. The van der Waals surface area contributed by atoms with Crippen LogP contribution >= 0.6 is 0 Å². The number of rotatable bonds is 6. The van der Waals surface area contributed by atoms with Crippen molar-refractivity contribution >= 4 is 11.6 Å². The lowest BCUT2D eigenvalue weighted by Gasteiger charge is -2.35. The molecule has 11 heteroatoms. The molecule has 0 amide bonds. The smallest absolute Gasteiger partial charge is 0.263 e. The van der Waals surface area contributed by atoms with Gasteiger partial charge in [-0.3, -0.25) is 4.68 Å². The van der Waals surface area contributed by atoms with Crippen molar-refractivity contribution in [2.75, 3.05) is 50.5 Å². The number of hydrogen-bond acceptors (Lipinski definition) is 10. The normalized spacial score (nSPS) is 19.8. The van der Waals surface area contributed by atoms with Crippen LogP contribution in [0.2, 0.25) is 0 Å². The second-order valence-electron chi connectivity index (χ2n) is 10.5. The zero-order valence-corrected chi connectivity index (χ0v) is 22.0. The van der Waals surface area contributed by atoms with Crippen LogP contribution in [0, 0.1) is 0 Å². The van der Waals surface area contributed by atoms with Crippen LogP contribution in [0.15, 0.2) is 30.7 Å². The number of pyridine rings is 1. The highest BCUT2D eigenvalue weighted by atomic mass is 16.5. The van der Waals surface area contributed by atoms with Crippen molar-refractivity contribution in [2.24, 2.45) is 0 Å². The first-order chi connectivity index (χ1) is 17.7. The summed E-state index contributed by atoms with van der Waals surface area (Å²) < 4.78 is 13.6. The summed E-state index contributed by atoms with van der Waals surface area (Å²) in [6, 6.07) is 4.29. The molecule has 5 rings (SSSR count). The van der Waals surface area contributed by atoms with Crippen LogP contribution in [0.5, 0.6) is 11.6 Å². The van der Waals surface area contributed by atoms with E-state index < -0.39 is 5.60 Å². The van der Waals surface area contributed by atoms with Gasteiger partial charge in [0.25, 0.3) is 5.88 Å². The summed E-state index contributed by atoms with van der Waals surface area (Å²) in [7, 11) is 2.14. The molecule has 0 aliphatic carbocycles. The third-order valence-corrected chi connectivity index (χ3v) is 7.02. The van der Waals surface area contributed by atoms with Crippen molar-refractivity contribution in [3.05, 3.63) is 36.4 Å². The third kappa shape index (κ3) is 5.68. The molecular formula is C26H36N8O3. The first-order valence-corrected chi connectivity index (χ1v) is 12.8. The summed E-state index contributed by atoms with van der Waals surface area (Å²) in [4.78, 5) is 18.3. The van der Waals surface area contributed by atoms with Crippen LogP contribution in [0.1, 0.15) is 45.3 Å². The van der Waals surface area contributed by atoms with Gasteiger partial charge in [-0.15, -0.1) is 0 Å². The van der Waals surface area contributed by atoms with Gasteiger partial charge in [0.05, 0.1) is 55.3 Å². The molecule has 11 nitrogen and oxygen atoms in total. The summed E-state index contributed by atoms with van der Waals surface area (Å²) in [6.07, 6.45) is 7.28. The molecule has 2 aliphatic heterocycles. The number of hydrogen-bond donors (Lipinski definition) is 2. The van der Waals surface area contributed by atoms with Crippen LogP contribution in [0.4, 0.5) is 11.6 Å². The summed E-state index contributed by atoms with van der Waals surface area (Å²) in [5.74, 6) is 1.72. The molecule has 3 aromatic rings. The number of aliphatic hydroxyl groups is 1. The Morgan fingerprint density at radius 3 is 2.65 bits per heavy atom. The maximum Gasteiger partial charge on any atom is 0.263 e. The van der Waals surface area contributed by atoms with Crippen molar-refractivity contribution in [3.8, 4) is 22.9 Å². The number of ether oxygens (including phenoxy) is 2. The maximum atomic E-state index is 10.8. The van der Waals surface area contributed by atoms with E-state index in [1.807, 2.05) is 23.0 Å². The Hall–Kier alpha value is -3.28. The molecule has 0 radical (unpaired) electrons. The summed E-state index contributed by atoms with van der Waals surface area (Å²) in [5.41, 5.74) is 6.88. The Morgan fingerprint density at radius 1 is 1.14 bits per heavy atom. The van der Waals surface area contributed by atoms with Crippen molar-refractivity contribution in [3.63, 3.8) is 0 Å². The lowest BCUT2D eigenvalue weighted by molar-refractivity contribution is 0.0736. The average molecular weight is 509 g/mol. The predicted octanol–water partition coefficient (Wildman–Crippen LogP) is 2.83. The van der Waals surface area contributed by atoms with E-state index in [1.54, 1.807) is 26.2 Å². The lowest BCUT2D eigenvalue weighted by Crippen LogP contribution is -2.44. The third-order valence-electron chi connectivity index (χ3n) is 7.02. The average Bonchev–Trinajstić information content (AvgIpc) is 3.34. The van der Waals surface area contributed by atoms with Gasteiger partial charge in [-0.25, -0.2) is 15.0 Å². The number of morpholine rings is 1. The predicted molar refractivity (Wildman–Crippen MR) is 141 cm³/mol. The van der Waals surface area contributed by atoms with Gasteiger partial charge in [0.15, 0.2) is 11.6 Å². The first-order valence-electron chi connectivity index (χ1n) is 12.8. The molecule has 37 heavy (non-hydrogen) atoms. The largest absolute Gasteiger partial charge is 0.433 e. The lowest BCUT2D eigenvalue weighted by atomic mass is 10.0. The molecule has 2 fully saturated rings. The fourth-order valence-corrected chi connectivity index (χ4v) is 4.73. The second kappa shape index (κ2) is 10.2. The Bertz CT molecular complexity index is 1230. The van der Waals surface area contributed by atoms with Crippen LogP contribution in [-0.4, -0.2) is 80.7 Å². The van der Waals surface area contributed by atoms with Crippen molar-refractivity contribution in [1.29, 1.82) is 0 Å². The minimum Gasteiger partial charge on any atom is -0.433 e. The number of nitrogens with zero attached hydrogens (tertiary/aromatic N) is 7. The molecule has 0 aromatic carbocycles. The molecule has 0 saturated carbocycles. The topological polar surface area (TPSA) is 128 Å². The van der Waals surface area contributed by atoms with Crippen molar-refractivity contribution < 1.29 is 14.6 Å². The molecule has 0 spiro atoms. The molecular weight excluding hydrogens is 472 g/mol. The summed E-state index contributed by atoms with van der Waals surface area (Å²) >= 11 is 0. The van der Waals surface area contributed by atoms with Crippen molar-refractivity contribution in [2.45, 2.75) is 51.3 Å². The van der Waals surface area contributed by atoms with E-state index in [4.69, 9.17) is 25.2 Å². The second-order valence-corrected chi connectivity index (χ2v) is 10.5. The quantitative estimate of drug-likeness (QED) is 0.513. The minimum absolute atomic E-state index is 0.156. The molecule has 2 aliphatic rings. The fraction of sp³-hybridized carbons (Fsp3) is 0.538. The van der Waals surface area contributed by atoms with Crippen LogP contribution < -0.4 is 15.4 Å². The van der Waals surface area contributed by atoms with E-state index in [2.05, 4.69) is 33.9 Å². The molecule has 198 valence electrons. The highest BCUT2D eigenvalue weighted by Crippen LogP contribution is 2.32. The van der Waals surface area contributed by atoms with Gasteiger partial charge in [0, 0.05) is 12.1 Å². The van der Waals surface area contributed by atoms with Gasteiger partial charge in [-0.05, 0) is 65.9 Å².